The smallest absolute Gasteiger partial charge is 0.120 e. The van der Waals surface area contributed by atoms with E-state index in [4.69, 9.17) is 52.5 Å². The molecule has 0 amide bonds. The first-order valence-corrected chi connectivity index (χ1v) is 14.3. The predicted octanol–water partition coefficient (Wildman–Crippen LogP) is 2.36. The Kier molecular flexibility index (Phi) is 23.2. The molecule has 0 aliphatic carbocycles. The summed E-state index contributed by atoms with van der Waals surface area (Å²) in [5.41, 5.74) is 0. The first kappa shape index (κ1) is 35.3. The fourth-order valence-corrected chi connectivity index (χ4v) is 3.40. The van der Waals surface area contributed by atoms with E-state index in [1.54, 1.807) is 0 Å². The topological polar surface area (TPSA) is 113 Å². The Labute approximate surface area is 243 Å². The Morgan fingerprint density at radius 3 is 1.10 bits per heavy atom. The van der Waals surface area contributed by atoms with E-state index < -0.39 is 0 Å². The van der Waals surface area contributed by atoms with Crippen LogP contribution in [0.3, 0.4) is 0 Å². The summed E-state index contributed by atoms with van der Waals surface area (Å²) < 4.78 is 54.5. The van der Waals surface area contributed by atoms with Crippen LogP contribution < -0.4 is 4.74 Å². The molecule has 0 bridgehead atoms. The predicted molar refractivity (Wildman–Crippen MR) is 154 cm³/mol. The van der Waals surface area contributed by atoms with Crippen molar-refractivity contribution in [3.63, 3.8) is 0 Å². The van der Waals surface area contributed by atoms with Gasteiger partial charge in [0.05, 0.1) is 126 Å². The van der Waals surface area contributed by atoms with Gasteiger partial charge in [0, 0.05) is 0 Å². The van der Waals surface area contributed by atoms with Gasteiger partial charge in [-0.25, -0.2) is 0 Å². The second-order valence-corrected chi connectivity index (χ2v) is 8.59. The zero-order valence-corrected chi connectivity index (χ0v) is 24.2. The van der Waals surface area contributed by atoms with Gasteiger partial charge in [0.2, 0.25) is 0 Å². The number of hydrogen-bond acceptors (Lipinski definition) is 11. The first-order valence-electron chi connectivity index (χ1n) is 14.3. The van der Waals surface area contributed by atoms with E-state index in [1.165, 1.54) is 5.39 Å². The fourth-order valence-electron chi connectivity index (χ4n) is 3.40. The molecule has 0 heterocycles. The van der Waals surface area contributed by atoms with E-state index in [9.17, 15) is 0 Å². The van der Waals surface area contributed by atoms with Crippen LogP contribution in [0.5, 0.6) is 5.75 Å². The number of aliphatic hydroxyl groups excluding tert-OH is 1. The highest BCUT2D eigenvalue weighted by molar-refractivity contribution is 5.83. The maximum absolute atomic E-state index is 8.57. The van der Waals surface area contributed by atoms with Crippen molar-refractivity contribution in [2.24, 2.45) is 0 Å². The molecule has 0 saturated carbocycles. The number of fused-ring (bicyclic) bond motifs is 1. The van der Waals surface area contributed by atoms with Crippen LogP contribution in [0.15, 0.2) is 42.5 Å². The van der Waals surface area contributed by atoms with Gasteiger partial charge >= 0.3 is 0 Å². The lowest BCUT2D eigenvalue weighted by molar-refractivity contribution is -0.0258. The van der Waals surface area contributed by atoms with E-state index in [0.29, 0.717) is 126 Å². The summed E-state index contributed by atoms with van der Waals surface area (Å²) in [4.78, 5) is 0. The van der Waals surface area contributed by atoms with E-state index in [2.05, 4.69) is 18.2 Å². The number of rotatable bonds is 30. The van der Waals surface area contributed by atoms with Gasteiger partial charge in [-0.15, -0.1) is 0 Å². The third-order valence-corrected chi connectivity index (χ3v) is 5.43. The zero-order valence-electron chi connectivity index (χ0n) is 24.2. The third kappa shape index (κ3) is 20.6. The number of hydrogen-bond donors (Lipinski definition) is 1. The van der Waals surface area contributed by atoms with Gasteiger partial charge in [-0.2, -0.15) is 0 Å². The second-order valence-electron chi connectivity index (χ2n) is 8.59. The largest absolute Gasteiger partial charge is 0.491 e. The van der Waals surface area contributed by atoms with Crippen molar-refractivity contribution < 1.29 is 52.5 Å². The van der Waals surface area contributed by atoms with Crippen LogP contribution in [0.4, 0.5) is 0 Å². The highest BCUT2D eigenvalue weighted by atomic mass is 16.6. The SMILES string of the molecule is OCCOCCOCCOCCOCCOCCOCCOCCOCCOCCOc1ccc2ccccc2c1. The van der Waals surface area contributed by atoms with Crippen LogP contribution >= 0.6 is 0 Å². The molecule has 11 heteroatoms. The Bertz CT molecular complexity index is 839. The summed E-state index contributed by atoms with van der Waals surface area (Å²) in [5.74, 6) is 0.845. The molecule has 0 aliphatic heterocycles. The van der Waals surface area contributed by atoms with Crippen molar-refractivity contribution in [1.82, 2.24) is 0 Å². The van der Waals surface area contributed by atoms with Gasteiger partial charge in [-0.05, 0) is 22.9 Å². The summed E-state index contributed by atoms with van der Waals surface area (Å²) in [5, 5.41) is 10.9. The van der Waals surface area contributed by atoms with Crippen LogP contribution in [0.2, 0.25) is 0 Å². The highest BCUT2D eigenvalue weighted by Gasteiger charge is 1.98. The molecule has 234 valence electrons. The highest BCUT2D eigenvalue weighted by Crippen LogP contribution is 2.20. The molecule has 0 atom stereocenters. The molecule has 0 aliphatic rings. The summed E-state index contributed by atoms with van der Waals surface area (Å²) in [6, 6.07) is 14.3. The normalized spacial score (nSPS) is 11.4. The summed E-state index contributed by atoms with van der Waals surface area (Å²) in [6.45, 7) is 9.49. The van der Waals surface area contributed by atoms with Crippen molar-refractivity contribution in [3.05, 3.63) is 42.5 Å². The van der Waals surface area contributed by atoms with E-state index in [-0.39, 0.29) is 6.61 Å². The maximum Gasteiger partial charge on any atom is 0.120 e. The van der Waals surface area contributed by atoms with E-state index in [0.717, 1.165) is 11.1 Å². The van der Waals surface area contributed by atoms with E-state index >= 15 is 0 Å². The molecular weight excluding hydrogens is 536 g/mol. The maximum atomic E-state index is 8.57. The number of benzene rings is 2. The summed E-state index contributed by atoms with van der Waals surface area (Å²) >= 11 is 0. The average Bonchev–Trinajstić information content (AvgIpc) is 3.00. The summed E-state index contributed by atoms with van der Waals surface area (Å²) in [7, 11) is 0. The Balaban J connectivity index is 1.19. The van der Waals surface area contributed by atoms with Gasteiger partial charge in [0.25, 0.3) is 0 Å². The summed E-state index contributed by atoms with van der Waals surface area (Å²) in [6.07, 6.45) is 0. The number of aliphatic hydroxyl groups is 1. The molecule has 0 radical (unpaired) electrons. The van der Waals surface area contributed by atoms with Crippen molar-refractivity contribution in [2.75, 3.05) is 132 Å². The second kappa shape index (κ2) is 27.0. The van der Waals surface area contributed by atoms with Gasteiger partial charge in [0.1, 0.15) is 12.4 Å². The molecule has 41 heavy (non-hydrogen) atoms. The standard InChI is InChI=1S/C30H48O11/c31-7-8-32-9-10-33-11-12-34-13-14-35-15-16-36-17-18-37-19-20-38-21-22-39-23-24-40-25-26-41-30-6-5-28-3-1-2-4-29(28)27-30/h1-6,27,31H,7-26H2. The minimum atomic E-state index is 0.0271. The lowest BCUT2D eigenvalue weighted by Gasteiger charge is -2.09. The molecule has 0 saturated heterocycles. The molecule has 0 aromatic heterocycles. The molecule has 0 fully saturated rings. The van der Waals surface area contributed by atoms with Crippen molar-refractivity contribution in [3.8, 4) is 5.75 Å². The fraction of sp³-hybridized carbons (Fsp3) is 0.667. The molecular formula is C30H48O11. The van der Waals surface area contributed by atoms with Crippen LogP contribution in [0.25, 0.3) is 10.8 Å². The molecule has 2 aromatic carbocycles. The van der Waals surface area contributed by atoms with E-state index in [1.807, 2.05) is 24.3 Å². The molecule has 1 N–H and O–H groups in total. The Hall–Kier alpha value is -1.90. The van der Waals surface area contributed by atoms with Crippen molar-refractivity contribution in [2.45, 2.75) is 0 Å². The van der Waals surface area contributed by atoms with Crippen molar-refractivity contribution in [1.29, 1.82) is 0 Å². The average molecular weight is 585 g/mol. The van der Waals surface area contributed by atoms with Crippen LogP contribution in [0.1, 0.15) is 0 Å². The third-order valence-electron chi connectivity index (χ3n) is 5.43. The minimum Gasteiger partial charge on any atom is -0.491 e. The molecule has 0 spiro atoms. The molecule has 11 nitrogen and oxygen atoms in total. The van der Waals surface area contributed by atoms with Gasteiger partial charge < -0.3 is 52.5 Å². The Morgan fingerprint density at radius 2 is 0.707 bits per heavy atom. The molecule has 2 rings (SSSR count). The molecule has 2 aromatic rings. The van der Waals surface area contributed by atoms with Crippen molar-refractivity contribution >= 4 is 10.8 Å². The van der Waals surface area contributed by atoms with Gasteiger partial charge in [0.15, 0.2) is 0 Å². The first-order chi connectivity index (χ1) is 20.4. The lowest BCUT2D eigenvalue weighted by atomic mass is 10.1. The van der Waals surface area contributed by atoms with Gasteiger partial charge in [-0.3, -0.25) is 0 Å². The monoisotopic (exact) mass is 584 g/mol. The number of ether oxygens (including phenoxy) is 10. The Morgan fingerprint density at radius 1 is 0.366 bits per heavy atom. The van der Waals surface area contributed by atoms with Crippen LogP contribution in [-0.2, 0) is 42.6 Å². The van der Waals surface area contributed by atoms with Crippen LogP contribution in [0, 0.1) is 0 Å². The lowest BCUT2D eigenvalue weighted by Crippen LogP contribution is -2.15. The minimum absolute atomic E-state index is 0.0271. The molecule has 0 unspecified atom stereocenters. The zero-order chi connectivity index (χ0) is 28.9. The van der Waals surface area contributed by atoms with Crippen LogP contribution in [-0.4, -0.2) is 137 Å². The van der Waals surface area contributed by atoms with Gasteiger partial charge in [-0.1, -0.05) is 30.3 Å². The quantitative estimate of drug-likeness (QED) is 0.137.